The maximum absolute atomic E-state index is 13.0. The molecular weight excluding hydrogens is 344 g/mol. The van der Waals surface area contributed by atoms with E-state index in [1.807, 2.05) is 18.7 Å². The Morgan fingerprint density at radius 3 is 2.36 bits per heavy atom. The van der Waals surface area contributed by atoms with Gasteiger partial charge in [0.05, 0.1) is 24.6 Å². The van der Waals surface area contributed by atoms with Crippen molar-refractivity contribution in [2.75, 3.05) is 38.6 Å². The number of piperidine rings is 1. The van der Waals surface area contributed by atoms with Crippen molar-refractivity contribution in [2.45, 2.75) is 57.8 Å². The highest BCUT2D eigenvalue weighted by Crippen LogP contribution is 2.26. The van der Waals surface area contributed by atoms with Crippen molar-refractivity contribution < 1.29 is 22.7 Å². The minimum Gasteiger partial charge on any atom is -0.379 e. The van der Waals surface area contributed by atoms with Crippen molar-refractivity contribution in [3.8, 4) is 0 Å². The minimum absolute atomic E-state index is 0.0370. The zero-order valence-electron chi connectivity index (χ0n) is 15.2. The van der Waals surface area contributed by atoms with Crippen LogP contribution in [0.15, 0.2) is 0 Å². The maximum atomic E-state index is 13.0. The van der Waals surface area contributed by atoms with Gasteiger partial charge in [-0.3, -0.25) is 4.79 Å². The number of amides is 1. The minimum atomic E-state index is -3.29. The van der Waals surface area contributed by atoms with Crippen molar-refractivity contribution in [3.63, 3.8) is 0 Å². The fourth-order valence-electron chi connectivity index (χ4n) is 4.00. The molecule has 8 heteroatoms. The normalized spacial score (nSPS) is 29.4. The van der Waals surface area contributed by atoms with Crippen LogP contribution >= 0.6 is 0 Å². The number of hydrogen-bond acceptors (Lipinski definition) is 5. The lowest BCUT2D eigenvalue weighted by atomic mass is 10.00. The monoisotopic (exact) mass is 374 g/mol. The van der Waals surface area contributed by atoms with Crippen LogP contribution in [0.25, 0.3) is 0 Å². The molecule has 1 amide bonds. The van der Waals surface area contributed by atoms with E-state index in [4.69, 9.17) is 9.47 Å². The lowest BCUT2D eigenvalue weighted by Gasteiger charge is -2.38. The quantitative estimate of drug-likeness (QED) is 0.713. The van der Waals surface area contributed by atoms with Gasteiger partial charge in [0.2, 0.25) is 15.9 Å². The lowest BCUT2D eigenvalue weighted by Crippen LogP contribution is -2.54. The van der Waals surface area contributed by atoms with Crippen molar-refractivity contribution in [3.05, 3.63) is 0 Å². The fourth-order valence-corrected chi connectivity index (χ4v) is 5.82. The molecular formula is C17H30N2O5S. The van der Waals surface area contributed by atoms with Crippen LogP contribution in [0.5, 0.6) is 0 Å². The second-order valence-corrected chi connectivity index (χ2v) is 9.66. The highest BCUT2D eigenvalue weighted by molar-refractivity contribution is 7.89. The average Bonchev–Trinajstić information content (AvgIpc) is 3.18. The number of carbonyl (C=O) groups is 1. The van der Waals surface area contributed by atoms with E-state index in [1.54, 1.807) is 0 Å². The second-order valence-electron chi connectivity index (χ2n) is 7.62. The number of likely N-dealkylation sites (tertiary alicyclic amines) is 1. The summed E-state index contributed by atoms with van der Waals surface area (Å²) in [4.78, 5) is 14.8. The number of nitrogens with zero attached hydrogens (tertiary/aromatic N) is 2. The molecule has 3 rings (SSSR count). The molecule has 7 nitrogen and oxygen atoms in total. The molecule has 3 fully saturated rings. The van der Waals surface area contributed by atoms with Gasteiger partial charge in [0.25, 0.3) is 0 Å². The topological polar surface area (TPSA) is 76.2 Å². The zero-order valence-corrected chi connectivity index (χ0v) is 16.0. The highest BCUT2D eigenvalue weighted by atomic mass is 32.2. The van der Waals surface area contributed by atoms with Crippen LogP contribution in [0.2, 0.25) is 0 Å². The van der Waals surface area contributed by atoms with Gasteiger partial charge in [0.1, 0.15) is 6.04 Å². The Morgan fingerprint density at radius 2 is 1.84 bits per heavy atom. The summed E-state index contributed by atoms with van der Waals surface area (Å²) in [6, 6.07) is -0.576. The van der Waals surface area contributed by atoms with Crippen LogP contribution in [-0.2, 0) is 24.3 Å². The van der Waals surface area contributed by atoms with Gasteiger partial charge in [-0.1, -0.05) is 13.8 Å². The maximum Gasteiger partial charge on any atom is 0.241 e. The average molecular weight is 375 g/mol. The first-order valence-corrected chi connectivity index (χ1v) is 11.0. The van der Waals surface area contributed by atoms with Gasteiger partial charge < -0.3 is 14.4 Å². The Balaban J connectivity index is 1.58. The third kappa shape index (κ3) is 4.35. The third-order valence-corrected chi connectivity index (χ3v) is 7.29. The molecule has 0 spiro atoms. The summed E-state index contributed by atoms with van der Waals surface area (Å²) in [6.07, 6.45) is 3.52. The molecule has 0 aliphatic carbocycles. The van der Waals surface area contributed by atoms with E-state index in [0.717, 1.165) is 25.9 Å². The molecule has 25 heavy (non-hydrogen) atoms. The fraction of sp³-hybridized carbons (Fsp3) is 0.941. The van der Waals surface area contributed by atoms with Gasteiger partial charge >= 0.3 is 0 Å². The summed E-state index contributed by atoms with van der Waals surface area (Å²) in [5.41, 5.74) is 0. The van der Waals surface area contributed by atoms with E-state index < -0.39 is 16.1 Å². The lowest BCUT2D eigenvalue weighted by molar-refractivity contribution is -0.140. The van der Waals surface area contributed by atoms with Gasteiger partial charge in [-0.25, -0.2) is 8.42 Å². The third-order valence-electron chi connectivity index (χ3n) is 5.36. The van der Waals surface area contributed by atoms with E-state index in [1.165, 1.54) is 4.31 Å². The smallest absolute Gasteiger partial charge is 0.241 e. The van der Waals surface area contributed by atoms with Crippen molar-refractivity contribution in [1.29, 1.82) is 0 Å². The predicted molar refractivity (Wildman–Crippen MR) is 93.6 cm³/mol. The van der Waals surface area contributed by atoms with E-state index in [9.17, 15) is 13.2 Å². The molecule has 3 saturated heterocycles. The number of hydrogen-bond donors (Lipinski definition) is 0. The molecule has 0 aromatic rings. The van der Waals surface area contributed by atoms with Crippen molar-refractivity contribution in [2.24, 2.45) is 5.92 Å². The zero-order chi connectivity index (χ0) is 18.0. The first kappa shape index (κ1) is 19.1. The Hall–Kier alpha value is -0.700. The molecule has 3 aliphatic heterocycles. The van der Waals surface area contributed by atoms with Gasteiger partial charge in [-0.05, 0) is 31.6 Å². The van der Waals surface area contributed by atoms with Crippen LogP contribution in [-0.4, -0.2) is 80.4 Å². The second kappa shape index (κ2) is 7.90. The van der Waals surface area contributed by atoms with E-state index in [0.29, 0.717) is 32.7 Å². The largest absolute Gasteiger partial charge is 0.379 e. The summed E-state index contributed by atoms with van der Waals surface area (Å²) >= 11 is 0. The van der Waals surface area contributed by atoms with E-state index in [2.05, 4.69) is 0 Å². The van der Waals surface area contributed by atoms with Gasteiger partial charge in [-0.15, -0.1) is 0 Å². The van der Waals surface area contributed by atoms with Crippen molar-refractivity contribution in [1.82, 2.24) is 9.21 Å². The first-order chi connectivity index (χ1) is 11.9. The Kier molecular flexibility index (Phi) is 6.03. The van der Waals surface area contributed by atoms with E-state index >= 15 is 0 Å². The molecule has 2 atom stereocenters. The van der Waals surface area contributed by atoms with Crippen LogP contribution in [0.3, 0.4) is 0 Å². The first-order valence-electron chi connectivity index (χ1n) is 9.40. The van der Waals surface area contributed by atoms with Gasteiger partial charge in [0.15, 0.2) is 0 Å². The summed E-state index contributed by atoms with van der Waals surface area (Å²) in [5.74, 6) is 0.0659. The summed E-state index contributed by atoms with van der Waals surface area (Å²) < 4.78 is 37.3. The molecule has 2 unspecified atom stereocenters. The summed E-state index contributed by atoms with van der Waals surface area (Å²) in [6.45, 7) is 7.00. The van der Waals surface area contributed by atoms with Crippen LogP contribution in [0.1, 0.15) is 39.5 Å². The summed E-state index contributed by atoms with van der Waals surface area (Å²) in [7, 11) is -3.29. The predicted octanol–water partition coefficient (Wildman–Crippen LogP) is 0.843. The number of rotatable bonds is 5. The molecule has 0 aromatic carbocycles. The molecule has 0 bridgehead atoms. The molecule has 3 heterocycles. The van der Waals surface area contributed by atoms with Crippen LogP contribution in [0.4, 0.5) is 0 Å². The Labute approximate surface area is 150 Å². The van der Waals surface area contributed by atoms with Gasteiger partial charge in [0, 0.05) is 26.2 Å². The molecule has 3 aliphatic rings. The standard InChI is InChI=1S/C17H30N2O5S/c1-13(2)16(19-7-3-11-25(19,21)22)17(20)18-8-4-14(5-9-18)24-15-6-10-23-12-15/h13-16H,3-12H2,1-2H3. The van der Waals surface area contributed by atoms with Crippen LogP contribution < -0.4 is 0 Å². The SMILES string of the molecule is CC(C)C(C(=O)N1CCC(OC2CCOC2)CC1)N1CCCS1(=O)=O. The molecule has 0 saturated carbocycles. The number of carbonyl (C=O) groups excluding carboxylic acids is 1. The van der Waals surface area contributed by atoms with Crippen LogP contribution in [0, 0.1) is 5.92 Å². The van der Waals surface area contributed by atoms with Crippen molar-refractivity contribution >= 4 is 15.9 Å². The molecule has 0 aromatic heterocycles. The Morgan fingerprint density at radius 1 is 1.12 bits per heavy atom. The molecule has 144 valence electrons. The number of ether oxygens (including phenoxy) is 2. The molecule has 0 N–H and O–H groups in total. The van der Waals surface area contributed by atoms with Gasteiger partial charge in [-0.2, -0.15) is 4.31 Å². The highest BCUT2D eigenvalue weighted by Gasteiger charge is 2.42. The Bertz CT molecular complexity index is 566. The van der Waals surface area contributed by atoms with E-state index in [-0.39, 0.29) is 29.8 Å². The summed E-state index contributed by atoms with van der Waals surface area (Å²) in [5, 5.41) is 0. The number of sulfonamides is 1. The molecule has 0 radical (unpaired) electrons.